The van der Waals surface area contributed by atoms with E-state index in [1.807, 2.05) is 13.8 Å². The maximum Gasteiger partial charge on any atom is 0.296 e. The molecule has 0 aliphatic carbocycles. The highest BCUT2D eigenvalue weighted by Crippen LogP contribution is 2.30. The molecule has 0 aliphatic heterocycles. The van der Waals surface area contributed by atoms with Crippen molar-refractivity contribution in [3.05, 3.63) is 58.2 Å². The van der Waals surface area contributed by atoms with Gasteiger partial charge >= 0.3 is 0 Å². The predicted octanol–water partition coefficient (Wildman–Crippen LogP) is 4.05. The number of nitrogens with zero attached hydrogens (tertiary/aromatic N) is 1. The van der Waals surface area contributed by atoms with Crippen molar-refractivity contribution >= 4 is 23.4 Å². The molecule has 28 heavy (non-hydrogen) atoms. The highest BCUT2D eigenvalue weighted by Gasteiger charge is 2.16. The number of nitro benzene ring substituents is 1. The summed E-state index contributed by atoms with van der Waals surface area (Å²) in [4.78, 5) is 22.8. The van der Waals surface area contributed by atoms with Gasteiger partial charge in [0.05, 0.1) is 31.3 Å². The van der Waals surface area contributed by atoms with Gasteiger partial charge in [0.1, 0.15) is 11.4 Å². The van der Waals surface area contributed by atoms with Crippen molar-refractivity contribution in [3.8, 4) is 17.2 Å². The maximum atomic E-state index is 12.2. The lowest BCUT2D eigenvalue weighted by Gasteiger charge is -2.13. The standard InChI is InChI=1S/C20H22N2O6/c1-13(2)28-18-9-5-14(11-19(18)27-4)6-10-20(23)21-16-8-7-15(26-3)12-17(16)22(24)25/h5-13H,1-4H3,(H,21,23)/b10-6+. The van der Waals surface area contributed by atoms with Gasteiger partial charge < -0.3 is 19.5 Å². The number of ether oxygens (including phenoxy) is 3. The number of benzene rings is 2. The Morgan fingerprint density at radius 3 is 2.46 bits per heavy atom. The third-order valence-electron chi connectivity index (χ3n) is 3.64. The van der Waals surface area contributed by atoms with E-state index in [0.717, 1.165) is 0 Å². The first kappa shape index (κ1) is 20.8. The highest BCUT2D eigenvalue weighted by molar-refractivity contribution is 6.03. The highest BCUT2D eigenvalue weighted by atomic mass is 16.6. The summed E-state index contributed by atoms with van der Waals surface area (Å²) < 4.78 is 15.9. The van der Waals surface area contributed by atoms with Gasteiger partial charge in [-0.05, 0) is 49.8 Å². The molecule has 1 amide bonds. The van der Waals surface area contributed by atoms with Crippen molar-refractivity contribution in [1.82, 2.24) is 0 Å². The summed E-state index contributed by atoms with van der Waals surface area (Å²) in [6, 6.07) is 9.47. The summed E-state index contributed by atoms with van der Waals surface area (Å²) in [7, 11) is 2.94. The van der Waals surface area contributed by atoms with Gasteiger partial charge in [-0.25, -0.2) is 0 Å². The number of hydrogen-bond donors (Lipinski definition) is 1. The summed E-state index contributed by atoms with van der Waals surface area (Å²) in [5.74, 6) is 0.973. The number of nitrogens with one attached hydrogen (secondary N) is 1. The minimum absolute atomic E-state index is 0.00126. The lowest BCUT2D eigenvalue weighted by molar-refractivity contribution is -0.384. The molecule has 0 aromatic heterocycles. The van der Waals surface area contributed by atoms with E-state index < -0.39 is 10.8 Å². The second-order valence-corrected chi connectivity index (χ2v) is 6.04. The molecule has 0 spiro atoms. The van der Waals surface area contributed by atoms with Gasteiger partial charge in [0.25, 0.3) is 5.69 Å². The fraction of sp³-hybridized carbons (Fsp3) is 0.250. The fourth-order valence-corrected chi connectivity index (χ4v) is 2.38. The molecule has 0 saturated heterocycles. The minimum Gasteiger partial charge on any atom is -0.496 e. The number of nitro groups is 1. The lowest BCUT2D eigenvalue weighted by Crippen LogP contribution is -2.09. The largest absolute Gasteiger partial charge is 0.496 e. The number of methoxy groups -OCH3 is 2. The first-order valence-corrected chi connectivity index (χ1v) is 8.50. The molecular formula is C20H22N2O6. The number of rotatable bonds is 8. The van der Waals surface area contributed by atoms with Crippen molar-refractivity contribution < 1.29 is 23.9 Å². The minimum atomic E-state index is -0.583. The Kier molecular flexibility index (Phi) is 6.97. The van der Waals surface area contributed by atoms with Gasteiger partial charge in [-0.2, -0.15) is 0 Å². The molecule has 1 N–H and O–H groups in total. The van der Waals surface area contributed by atoms with Gasteiger partial charge in [0.2, 0.25) is 5.91 Å². The van der Waals surface area contributed by atoms with E-state index in [4.69, 9.17) is 14.2 Å². The lowest BCUT2D eigenvalue weighted by atomic mass is 10.2. The maximum absolute atomic E-state index is 12.2. The number of hydrogen-bond acceptors (Lipinski definition) is 6. The SMILES string of the molecule is COc1ccc(NC(=O)/C=C/c2ccc(OC(C)C)c(OC)c2)c([N+](=O)[O-])c1. The van der Waals surface area contributed by atoms with Crippen LogP contribution in [0, 0.1) is 10.1 Å². The summed E-state index contributed by atoms with van der Waals surface area (Å²) in [6.45, 7) is 3.83. The number of carbonyl (C=O) groups is 1. The number of anilines is 1. The fourth-order valence-electron chi connectivity index (χ4n) is 2.38. The van der Waals surface area contributed by atoms with Gasteiger partial charge in [-0.3, -0.25) is 14.9 Å². The van der Waals surface area contributed by atoms with Crippen molar-refractivity contribution in [2.75, 3.05) is 19.5 Å². The van der Waals surface area contributed by atoms with Crippen LogP contribution in [-0.2, 0) is 4.79 Å². The molecule has 0 aliphatic rings. The van der Waals surface area contributed by atoms with Gasteiger partial charge in [0, 0.05) is 6.08 Å². The van der Waals surface area contributed by atoms with Crippen LogP contribution in [-0.4, -0.2) is 31.2 Å². The van der Waals surface area contributed by atoms with Gasteiger partial charge in [-0.15, -0.1) is 0 Å². The second-order valence-electron chi connectivity index (χ2n) is 6.04. The Labute approximate surface area is 162 Å². The van der Waals surface area contributed by atoms with Crippen LogP contribution < -0.4 is 19.5 Å². The van der Waals surface area contributed by atoms with E-state index >= 15 is 0 Å². The average Bonchev–Trinajstić information content (AvgIpc) is 2.66. The van der Waals surface area contributed by atoms with Crippen LogP contribution in [0.1, 0.15) is 19.4 Å². The van der Waals surface area contributed by atoms with Crippen LogP contribution in [0.5, 0.6) is 17.2 Å². The van der Waals surface area contributed by atoms with Crippen LogP contribution in [0.2, 0.25) is 0 Å². The zero-order chi connectivity index (χ0) is 20.7. The zero-order valence-electron chi connectivity index (χ0n) is 16.1. The molecule has 0 heterocycles. The summed E-state index contributed by atoms with van der Waals surface area (Å²) in [6.07, 6.45) is 2.86. The van der Waals surface area contributed by atoms with E-state index in [0.29, 0.717) is 22.8 Å². The van der Waals surface area contributed by atoms with Gasteiger partial charge in [0.15, 0.2) is 11.5 Å². The molecule has 0 fully saturated rings. The Balaban J connectivity index is 2.15. The Bertz CT molecular complexity index is 892. The molecular weight excluding hydrogens is 364 g/mol. The molecule has 148 valence electrons. The second kappa shape index (κ2) is 9.40. The molecule has 0 saturated carbocycles. The third-order valence-corrected chi connectivity index (χ3v) is 3.64. The Morgan fingerprint density at radius 2 is 1.86 bits per heavy atom. The monoisotopic (exact) mass is 386 g/mol. The predicted molar refractivity (Wildman–Crippen MR) is 106 cm³/mol. The molecule has 0 radical (unpaired) electrons. The van der Waals surface area contributed by atoms with Crippen LogP contribution in [0.4, 0.5) is 11.4 Å². The number of amides is 1. The van der Waals surface area contributed by atoms with Crippen LogP contribution in [0.25, 0.3) is 6.08 Å². The van der Waals surface area contributed by atoms with Crippen molar-refractivity contribution in [1.29, 1.82) is 0 Å². The first-order valence-electron chi connectivity index (χ1n) is 8.50. The first-order chi connectivity index (χ1) is 13.3. The zero-order valence-corrected chi connectivity index (χ0v) is 16.1. The summed E-state index contributed by atoms with van der Waals surface area (Å²) in [5.41, 5.74) is 0.545. The van der Waals surface area contributed by atoms with E-state index in [1.54, 1.807) is 24.3 Å². The summed E-state index contributed by atoms with van der Waals surface area (Å²) in [5, 5.41) is 13.7. The van der Waals surface area contributed by atoms with Crippen LogP contribution >= 0.6 is 0 Å². The number of carbonyl (C=O) groups excluding carboxylic acids is 1. The molecule has 8 nitrogen and oxygen atoms in total. The summed E-state index contributed by atoms with van der Waals surface area (Å²) >= 11 is 0. The third kappa shape index (κ3) is 5.47. The topological polar surface area (TPSA) is 99.9 Å². The van der Waals surface area contributed by atoms with E-state index in [1.165, 1.54) is 38.5 Å². The van der Waals surface area contributed by atoms with Crippen molar-refractivity contribution in [2.24, 2.45) is 0 Å². The quantitative estimate of drug-likeness (QED) is 0.417. The van der Waals surface area contributed by atoms with Crippen molar-refractivity contribution in [2.45, 2.75) is 20.0 Å². The normalized spacial score (nSPS) is 10.8. The molecule has 2 rings (SSSR count). The Morgan fingerprint density at radius 1 is 1.11 bits per heavy atom. The average molecular weight is 386 g/mol. The Hall–Kier alpha value is -3.55. The molecule has 2 aromatic rings. The van der Waals surface area contributed by atoms with Crippen LogP contribution in [0.15, 0.2) is 42.5 Å². The van der Waals surface area contributed by atoms with E-state index in [-0.39, 0.29) is 17.5 Å². The smallest absolute Gasteiger partial charge is 0.296 e. The molecule has 2 aromatic carbocycles. The molecule has 0 unspecified atom stereocenters. The molecule has 0 bridgehead atoms. The molecule has 0 atom stereocenters. The van der Waals surface area contributed by atoms with E-state index in [9.17, 15) is 14.9 Å². The van der Waals surface area contributed by atoms with Crippen LogP contribution in [0.3, 0.4) is 0 Å². The van der Waals surface area contributed by atoms with Crippen molar-refractivity contribution in [3.63, 3.8) is 0 Å². The molecule has 8 heteroatoms. The van der Waals surface area contributed by atoms with Gasteiger partial charge in [-0.1, -0.05) is 6.07 Å². The van der Waals surface area contributed by atoms with E-state index in [2.05, 4.69) is 5.32 Å².